The standard InChI is InChI=1S/C60H37NOS/c1-3-13-46-39(11-1)23-24-43-37-42(30-35-47(43)46)38-25-31-44(32-26-38)61(45-33-27-41(28-34-45)49-17-9-19-53-51-16-6-8-22-57(51)63-60(49)53)55-20-7-5-15-50(55)52-18-10-21-56-58(52)54-36-29-40-12-2-4-14-48(40)59(54)62-56/h1-37H. The molecule has 0 spiro atoms. The Kier molecular flexibility index (Phi) is 8.12. The predicted octanol–water partition coefficient (Wildman–Crippen LogP) is 17.9. The molecule has 0 saturated heterocycles. The average molecular weight is 820 g/mol. The van der Waals surface area contributed by atoms with Gasteiger partial charge in [0.2, 0.25) is 0 Å². The van der Waals surface area contributed by atoms with Gasteiger partial charge in [-0.05, 0) is 109 Å². The lowest BCUT2D eigenvalue weighted by Gasteiger charge is -2.28. The van der Waals surface area contributed by atoms with Crippen molar-refractivity contribution in [3.05, 3.63) is 224 Å². The number of nitrogens with zero attached hydrogens (tertiary/aromatic N) is 1. The summed E-state index contributed by atoms with van der Waals surface area (Å²) in [5.41, 5.74) is 12.1. The Hall–Kier alpha value is -7.98. The van der Waals surface area contributed by atoms with Crippen LogP contribution in [0.15, 0.2) is 229 Å². The van der Waals surface area contributed by atoms with Gasteiger partial charge in [0, 0.05) is 53.3 Å². The van der Waals surface area contributed by atoms with Gasteiger partial charge >= 0.3 is 0 Å². The minimum Gasteiger partial charge on any atom is -0.455 e. The van der Waals surface area contributed by atoms with Crippen molar-refractivity contribution in [3.63, 3.8) is 0 Å². The fourth-order valence-electron chi connectivity index (χ4n) is 9.86. The zero-order valence-electron chi connectivity index (χ0n) is 34.1. The fourth-order valence-corrected chi connectivity index (χ4v) is 11.1. The van der Waals surface area contributed by atoms with E-state index in [0.29, 0.717) is 0 Å². The summed E-state index contributed by atoms with van der Waals surface area (Å²) >= 11 is 1.87. The lowest BCUT2D eigenvalue weighted by Crippen LogP contribution is -2.11. The highest BCUT2D eigenvalue weighted by atomic mass is 32.1. The van der Waals surface area contributed by atoms with Gasteiger partial charge in [-0.25, -0.2) is 0 Å². The third-order valence-corrected chi connectivity index (χ3v) is 14.1. The Morgan fingerprint density at radius 2 is 0.921 bits per heavy atom. The van der Waals surface area contributed by atoms with E-state index in [4.69, 9.17) is 4.42 Å². The van der Waals surface area contributed by atoms with Gasteiger partial charge in [-0.1, -0.05) is 170 Å². The summed E-state index contributed by atoms with van der Waals surface area (Å²) in [7, 11) is 0. The van der Waals surface area contributed by atoms with Crippen LogP contribution in [-0.4, -0.2) is 0 Å². The molecule has 0 radical (unpaired) electrons. The molecule has 13 rings (SSSR count). The van der Waals surface area contributed by atoms with Crippen LogP contribution in [0.4, 0.5) is 17.1 Å². The van der Waals surface area contributed by atoms with Crippen LogP contribution in [0.2, 0.25) is 0 Å². The smallest absolute Gasteiger partial charge is 0.143 e. The molecule has 0 aliphatic carbocycles. The molecule has 2 heterocycles. The molecular formula is C60H37NOS. The number of rotatable bonds is 6. The van der Waals surface area contributed by atoms with Crippen LogP contribution in [0, 0.1) is 0 Å². The number of hydrogen-bond acceptors (Lipinski definition) is 3. The Balaban J connectivity index is 0.966. The van der Waals surface area contributed by atoms with Gasteiger partial charge in [0.15, 0.2) is 0 Å². The highest BCUT2D eigenvalue weighted by Crippen LogP contribution is 2.47. The van der Waals surface area contributed by atoms with Crippen molar-refractivity contribution >= 4 is 103 Å². The summed E-state index contributed by atoms with van der Waals surface area (Å²) in [6.45, 7) is 0. The van der Waals surface area contributed by atoms with Crippen molar-refractivity contribution in [2.24, 2.45) is 0 Å². The van der Waals surface area contributed by atoms with Gasteiger partial charge in [0.05, 0.1) is 5.69 Å². The molecule has 0 bridgehead atoms. The lowest BCUT2D eigenvalue weighted by molar-refractivity contribution is 0.673. The second kappa shape index (κ2) is 14.3. The Bertz CT molecular complexity index is 3910. The number of hydrogen-bond donors (Lipinski definition) is 0. The molecule has 0 saturated carbocycles. The topological polar surface area (TPSA) is 16.4 Å². The summed E-state index contributed by atoms with van der Waals surface area (Å²) < 4.78 is 9.33. The minimum absolute atomic E-state index is 0.882. The van der Waals surface area contributed by atoms with Crippen LogP contribution in [0.1, 0.15) is 0 Å². The van der Waals surface area contributed by atoms with E-state index in [1.165, 1.54) is 69.4 Å². The molecule has 0 N–H and O–H groups in total. The quantitative estimate of drug-likeness (QED) is 0.155. The zero-order chi connectivity index (χ0) is 41.4. The largest absolute Gasteiger partial charge is 0.455 e. The summed E-state index contributed by atoms with van der Waals surface area (Å²) in [6.07, 6.45) is 0. The van der Waals surface area contributed by atoms with E-state index in [9.17, 15) is 0 Å². The van der Waals surface area contributed by atoms with Gasteiger partial charge in [-0.3, -0.25) is 0 Å². The maximum atomic E-state index is 6.69. The molecule has 0 aliphatic rings. The average Bonchev–Trinajstić information content (AvgIpc) is 3.94. The zero-order valence-corrected chi connectivity index (χ0v) is 34.9. The highest BCUT2D eigenvalue weighted by molar-refractivity contribution is 7.26. The van der Waals surface area contributed by atoms with Gasteiger partial charge in [-0.2, -0.15) is 0 Å². The molecule has 0 amide bonds. The van der Waals surface area contributed by atoms with Crippen LogP contribution in [0.25, 0.3) is 108 Å². The normalized spacial score (nSPS) is 11.8. The van der Waals surface area contributed by atoms with Gasteiger partial charge in [0.1, 0.15) is 11.2 Å². The molecule has 2 nitrogen and oxygen atoms in total. The van der Waals surface area contributed by atoms with Crippen LogP contribution in [0.5, 0.6) is 0 Å². The molecule has 0 atom stereocenters. The van der Waals surface area contributed by atoms with Crippen LogP contribution >= 0.6 is 11.3 Å². The van der Waals surface area contributed by atoms with Gasteiger partial charge < -0.3 is 9.32 Å². The van der Waals surface area contributed by atoms with Crippen molar-refractivity contribution in [2.45, 2.75) is 0 Å². The van der Waals surface area contributed by atoms with Crippen molar-refractivity contribution in [1.82, 2.24) is 0 Å². The first kappa shape index (κ1) is 35.7. The van der Waals surface area contributed by atoms with Crippen LogP contribution in [0.3, 0.4) is 0 Å². The summed E-state index contributed by atoms with van der Waals surface area (Å²) in [4.78, 5) is 2.41. The minimum atomic E-state index is 0.882. The fraction of sp³-hybridized carbons (Fsp3) is 0. The monoisotopic (exact) mass is 819 g/mol. The first-order valence-corrected chi connectivity index (χ1v) is 22.3. The highest BCUT2D eigenvalue weighted by Gasteiger charge is 2.22. The first-order chi connectivity index (χ1) is 31.2. The molecule has 0 aliphatic heterocycles. The number of fused-ring (bicyclic) bond motifs is 11. The second-order valence-electron chi connectivity index (χ2n) is 16.4. The molecule has 13 aromatic rings. The van der Waals surface area contributed by atoms with Crippen LogP contribution in [-0.2, 0) is 0 Å². The predicted molar refractivity (Wildman–Crippen MR) is 270 cm³/mol. The molecule has 0 fully saturated rings. The summed E-state index contributed by atoms with van der Waals surface area (Å²) in [5.74, 6) is 0. The molecular weight excluding hydrogens is 783 g/mol. The Labute approximate surface area is 368 Å². The van der Waals surface area contributed by atoms with Gasteiger partial charge in [-0.15, -0.1) is 11.3 Å². The molecule has 0 unspecified atom stereocenters. The lowest BCUT2D eigenvalue weighted by atomic mass is 9.95. The molecule has 294 valence electrons. The number of furan rings is 1. The number of anilines is 3. The number of benzene rings is 11. The molecule has 3 heteroatoms. The molecule has 11 aromatic carbocycles. The van der Waals surface area contributed by atoms with Crippen molar-refractivity contribution in [1.29, 1.82) is 0 Å². The van der Waals surface area contributed by atoms with E-state index in [0.717, 1.165) is 55.5 Å². The van der Waals surface area contributed by atoms with E-state index in [1.807, 2.05) is 11.3 Å². The van der Waals surface area contributed by atoms with E-state index < -0.39 is 0 Å². The summed E-state index contributed by atoms with van der Waals surface area (Å²) in [6, 6.07) is 81.7. The maximum Gasteiger partial charge on any atom is 0.143 e. The van der Waals surface area contributed by atoms with Crippen LogP contribution < -0.4 is 4.90 Å². The molecule has 63 heavy (non-hydrogen) atoms. The third-order valence-electron chi connectivity index (χ3n) is 12.9. The van der Waals surface area contributed by atoms with Gasteiger partial charge in [0.25, 0.3) is 0 Å². The van der Waals surface area contributed by atoms with Crippen molar-refractivity contribution in [2.75, 3.05) is 4.90 Å². The number of para-hydroxylation sites is 1. The first-order valence-electron chi connectivity index (χ1n) is 21.5. The SMILES string of the molecule is c1ccc(N(c2ccc(-c3ccc4c(ccc5ccccc54)c3)cc2)c2ccc(-c3cccc4c3sc3ccccc34)cc2)c(-c2cccc3oc4c5ccccc5ccc4c23)c1. The van der Waals surface area contributed by atoms with Crippen molar-refractivity contribution in [3.8, 4) is 33.4 Å². The third kappa shape index (κ3) is 5.78. The van der Waals surface area contributed by atoms with E-state index in [1.54, 1.807) is 0 Å². The second-order valence-corrected chi connectivity index (χ2v) is 17.4. The van der Waals surface area contributed by atoms with Crippen molar-refractivity contribution < 1.29 is 4.42 Å². The Morgan fingerprint density at radius 3 is 1.76 bits per heavy atom. The van der Waals surface area contributed by atoms with E-state index in [-0.39, 0.29) is 0 Å². The molecule has 2 aromatic heterocycles. The maximum absolute atomic E-state index is 6.69. The Morgan fingerprint density at radius 1 is 0.349 bits per heavy atom. The van der Waals surface area contributed by atoms with E-state index in [2.05, 4.69) is 229 Å². The van der Waals surface area contributed by atoms with E-state index >= 15 is 0 Å². The summed E-state index contributed by atoms with van der Waals surface area (Å²) in [5, 5.41) is 12.2. The number of thiophene rings is 1.